The first-order valence-corrected chi connectivity index (χ1v) is 10.8. The number of benzene rings is 2. The number of ketones is 1. The monoisotopic (exact) mass is 475 g/mol. The molecule has 0 saturated carbocycles. The van der Waals surface area contributed by atoms with Crippen molar-refractivity contribution in [3.63, 3.8) is 0 Å². The summed E-state index contributed by atoms with van der Waals surface area (Å²) in [5.41, 5.74) is 2.04. The Kier molecular flexibility index (Phi) is 6.28. The number of para-hydroxylation sites is 1. The summed E-state index contributed by atoms with van der Waals surface area (Å²) in [6, 6.07) is 15.0. The van der Waals surface area contributed by atoms with Crippen LogP contribution in [0.4, 0.5) is 5.69 Å². The molecule has 0 fully saturated rings. The van der Waals surface area contributed by atoms with Gasteiger partial charge < -0.3 is 9.30 Å². The van der Waals surface area contributed by atoms with Gasteiger partial charge in [0.1, 0.15) is 5.56 Å². The Morgan fingerprint density at radius 1 is 1.00 bits per heavy atom. The zero-order valence-corrected chi connectivity index (χ0v) is 19.0. The second kappa shape index (κ2) is 9.34. The fraction of sp³-hybridized carbons (Fsp3) is 0.200. The lowest BCUT2D eigenvalue weighted by Gasteiger charge is -2.13. The molecule has 0 radical (unpaired) electrons. The number of aromatic nitrogens is 1. The van der Waals surface area contributed by atoms with Crippen LogP contribution < -0.4 is 0 Å². The van der Waals surface area contributed by atoms with Crippen molar-refractivity contribution in [2.45, 2.75) is 20.3 Å². The minimum atomic E-state index is -0.838. The Labute approximate surface area is 199 Å². The number of esters is 1. The van der Waals surface area contributed by atoms with E-state index in [-0.39, 0.29) is 29.9 Å². The fourth-order valence-corrected chi connectivity index (χ4v) is 4.19. The number of nitro groups is 1. The Bertz CT molecular complexity index is 1380. The van der Waals surface area contributed by atoms with Crippen molar-refractivity contribution in [2.75, 3.05) is 13.2 Å². The van der Waals surface area contributed by atoms with Gasteiger partial charge >= 0.3 is 5.97 Å². The van der Waals surface area contributed by atoms with Gasteiger partial charge in [0.2, 0.25) is 5.78 Å². The molecule has 2 aromatic carbocycles. The van der Waals surface area contributed by atoms with Gasteiger partial charge in [0, 0.05) is 35.2 Å². The van der Waals surface area contributed by atoms with E-state index < -0.39 is 35.0 Å². The molecule has 10 nitrogen and oxygen atoms in total. The second-order valence-corrected chi connectivity index (χ2v) is 8.01. The molecule has 4 rings (SSSR count). The van der Waals surface area contributed by atoms with Crippen molar-refractivity contribution in [3.8, 4) is 5.69 Å². The number of Topliss-reactive ketones (excluding diaryl/α,β-unsaturated/α-hetero) is 1. The van der Waals surface area contributed by atoms with E-state index in [1.54, 1.807) is 13.0 Å². The van der Waals surface area contributed by atoms with E-state index in [9.17, 15) is 29.3 Å². The highest BCUT2D eigenvalue weighted by atomic mass is 16.6. The van der Waals surface area contributed by atoms with E-state index in [2.05, 4.69) is 0 Å². The highest BCUT2D eigenvalue weighted by Gasteiger charge is 2.40. The van der Waals surface area contributed by atoms with Crippen molar-refractivity contribution in [3.05, 3.63) is 92.8 Å². The van der Waals surface area contributed by atoms with Crippen molar-refractivity contribution >= 4 is 29.3 Å². The third-order valence-electron chi connectivity index (χ3n) is 5.82. The third kappa shape index (κ3) is 4.33. The molecule has 0 atom stereocenters. The lowest BCUT2D eigenvalue weighted by Crippen LogP contribution is -2.32. The number of carbonyl (C=O) groups is 4. The SMILES string of the molecule is Cc1cc(C(=O)COC(=O)CCN2C(=O)c3cccc([N+](=O)[O-])c3C2=O)c(C)n1-c1ccccc1. The number of imide groups is 1. The number of fused-ring (bicyclic) bond motifs is 1. The van der Waals surface area contributed by atoms with Gasteiger partial charge in [-0.25, -0.2) is 0 Å². The topological polar surface area (TPSA) is 129 Å². The predicted molar refractivity (Wildman–Crippen MR) is 124 cm³/mol. The molecule has 2 amide bonds. The molecule has 0 unspecified atom stereocenters. The van der Waals surface area contributed by atoms with Gasteiger partial charge in [-0.2, -0.15) is 0 Å². The molecule has 3 aromatic rings. The maximum absolute atomic E-state index is 12.7. The van der Waals surface area contributed by atoms with Gasteiger partial charge in [-0.1, -0.05) is 24.3 Å². The summed E-state index contributed by atoms with van der Waals surface area (Å²) < 4.78 is 7.01. The van der Waals surface area contributed by atoms with Gasteiger partial charge in [-0.15, -0.1) is 0 Å². The maximum Gasteiger partial charge on any atom is 0.308 e. The summed E-state index contributed by atoms with van der Waals surface area (Å²) in [4.78, 5) is 61.3. The van der Waals surface area contributed by atoms with E-state index in [0.717, 1.165) is 22.3 Å². The molecule has 10 heteroatoms. The Morgan fingerprint density at radius 2 is 1.71 bits per heavy atom. The van der Waals surface area contributed by atoms with Gasteiger partial charge in [0.25, 0.3) is 17.5 Å². The van der Waals surface area contributed by atoms with Crippen molar-refractivity contribution < 1.29 is 28.8 Å². The Morgan fingerprint density at radius 3 is 2.40 bits per heavy atom. The molecule has 178 valence electrons. The van der Waals surface area contributed by atoms with Crippen LogP contribution in [0.15, 0.2) is 54.6 Å². The molecule has 0 bridgehead atoms. The molecular formula is C25H21N3O7. The lowest BCUT2D eigenvalue weighted by atomic mass is 10.1. The van der Waals surface area contributed by atoms with Gasteiger partial charge in [-0.3, -0.25) is 34.2 Å². The minimum Gasteiger partial charge on any atom is -0.457 e. The number of nitrogens with zero attached hydrogens (tertiary/aromatic N) is 3. The maximum atomic E-state index is 12.7. The normalized spacial score (nSPS) is 12.6. The van der Waals surface area contributed by atoms with Gasteiger partial charge in [-0.05, 0) is 38.1 Å². The van der Waals surface area contributed by atoms with Crippen LogP contribution in [0.25, 0.3) is 5.69 Å². The summed E-state index contributed by atoms with van der Waals surface area (Å²) in [5, 5.41) is 11.2. The van der Waals surface area contributed by atoms with E-state index in [4.69, 9.17) is 4.74 Å². The zero-order valence-electron chi connectivity index (χ0n) is 19.0. The van der Waals surface area contributed by atoms with Crippen LogP contribution in [-0.2, 0) is 9.53 Å². The van der Waals surface area contributed by atoms with Crippen LogP contribution in [0.5, 0.6) is 0 Å². The molecule has 0 saturated heterocycles. The largest absolute Gasteiger partial charge is 0.457 e. The smallest absolute Gasteiger partial charge is 0.308 e. The number of rotatable bonds is 8. The number of carbonyl (C=O) groups excluding carboxylic acids is 4. The summed E-state index contributed by atoms with van der Waals surface area (Å²) in [5.74, 6) is -2.72. The molecule has 0 aliphatic carbocycles. The zero-order chi connectivity index (χ0) is 25.3. The first kappa shape index (κ1) is 23.6. The van der Waals surface area contributed by atoms with Crippen LogP contribution in [0.2, 0.25) is 0 Å². The Balaban J connectivity index is 1.37. The van der Waals surface area contributed by atoms with Crippen LogP contribution >= 0.6 is 0 Å². The average Bonchev–Trinajstić information content (AvgIpc) is 3.28. The first-order valence-electron chi connectivity index (χ1n) is 10.8. The molecule has 35 heavy (non-hydrogen) atoms. The first-order chi connectivity index (χ1) is 16.7. The third-order valence-corrected chi connectivity index (χ3v) is 5.82. The van der Waals surface area contributed by atoms with Gasteiger partial charge in [0.05, 0.1) is 16.9 Å². The Hall–Kier alpha value is -4.60. The number of nitro benzene ring substituents is 1. The highest BCUT2D eigenvalue weighted by molar-refractivity contribution is 6.23. The van der Waals surface area contributed by atoms with Gasteiger partial charge in [0.15, 0.2) is 6.61 Å². The van der Waals surface area contributed by atoms with Crippen molar-refractivity contribution in [2.24, 2.45) is 0 Å². The lowest BCUT2D eigenvalue weighted by molar-refractivity contribution is -0.385. The molecule has 1 aromatic heterocycles. The van der Waals surface area contributed by atoms with E-state index in [1.807, 2.05) is 41.8 Å². The van der Waals surface area contributed by atoms with E-state index in [1.165, 1.54) is 12.1 Å². The summed E-state index contributed by atoms with van der Waals surface area (Å²) >= 11 is 0. The molecule has 1 aliphatic rings. The fourth-order valence-electron chi connectivity index (χ4n) is 4.19. The summed E-state index contributed by atoms with van der Waals surface area (Å²) in [6.45, 7) is 2.86. The molecule has 2 heterocycles. The quantitative estimate of drug-likeness (QED) is 0.160. The molecular weight excluding hydrogens is 454 g/mol. The summed E-state index contributed by atoms with van der Waals surface area (Å²) in [7, 11) is 0. The highest BCUT2D eigenvalue weighted by Crippen LogP contribution is 2.30. The predicted octanol–water partition coefficient (Wildman–Crippen LogP) is 3.41. The molecule has 1 aliphatic heterocycles. The average molecular weight is 475 g/mol. The second-order valence-electron chi connectivity index (χ2n) is 8.01. The van der Waals surface area contributed by atoms with E-state index >= 15 is 0 Å². The number of hydrogen-bond donors (Lipinski definition) is 0. The van der Waals surface area contributed by atoms with Crippen molar-refractivity contribution in [1.82, 2.24) is 9.47 Å². The molecule has 0 N–H and O–H groups in total. The number of ether oxygens (including phenoxy) is 1. The number of aryl methyl sites for hydroxylation is 1. The number of amides is 2. The standard InChI is InChI=1S/C25H21N3O7/c1-15-13-19(16(2)27(15)17-7-4-3-5-8-17)21(29)14-35-22(30)11-12-26-24(31)18-9-6-10-20(28(33)34)23(18)25(26)32/h3-10,13H,11-12,14H2,1-2H3. The minimum absolute atomic E-state index is 0.0819. The van der Waals surface area contributed by atoms with E-state index in [0.29, 0.717) is 11.3 Å². The number of hydrogen-bond acceptors (Lipinski definition) is 7. The van der Waals surface area contributed by atoms with Crippen LogP contribution in [-0.4, -0.2) is 51.1 Å². The van der Waals surface area contributed by atoms with Crippen LogP contribution in [0.1, 0.15) is 48.9 Å². The van der Waals surface area contributed by atoms with Crippen molar-refractivity contribution in [1.29, 1.82) is 0 Å². The van der Waals surface area contributed by atoms with Crippen LogP contribution in [0, 0.1) is 24.0 Å². The molecule has 0 spiro atoms. The van der Waals surface area contributed by atoms with Crippen LogP contribution in [0.3, 0.4) is 0 Å². The summed E-state index contributed by atoms with van der Waals surface area (Å²) in [6.07, 6.45) is -0.352.